The number of carbonyl (C=O) groups excluding carboxylic acids is 2. The Morgan fingerprint density at radius 1 is 0.640 bits per heavy atom. The zero-order valence-corrected chi connectivity index (χ0v) is 16.4. The van der Waals surface area contributed by atoms with Crippen LogP contribution in [-0.2, 0) is 14.3 Å². The fourth-order valence-corrected chi connectivity index (χ4v) is 2.57. The molecule has 5 nitrogen and oxygen atoms in total. The Bertz CT molecular complexity index is 321. The highest BCUT2D eigenvalue weighted by molar-refractivity contribution is 5.77. The van der Waals surface area contributed by atoms with Crippen LogP contribution in [0.3, 0.4) is 0 Å². The molecular weight excluding hydrogens is 318 g/mol. The van der Waals surface area contributed by atoms with Gasteiger partial charge >= 0.3 is 12.1 Å². The molecule has 0 heterocycles. The van der Waals surface area contributed by atoms with E-state index in [1.54, 1.807) is 0 Å². The third-order valence-corrected chi connectivity index (χ3v) is 4.08. The molecule has 0 unspecified atom stereocenters. The van der Waals surface area contributed by atoms with Gasteiger partial charge < -0.3 is 14.8 Å². The van der Waals surface area contributed by atoms with Gasteiger partial charge in [0.25, 0.3) is 0 Å². The van der Waals surface area contributed by atoms with E-state index in [9.17, 15) is 9.59 Å². The molecule has 0 spiro atoms. The van der Waals surface area contributed by atoms with E-state index in [-0.39, 0.29) is 6.54 Å². The van der Waals surface area contributed by atoms with Crippen molar-refractivity contribution in [1.29, 1.82) is 0 Å². The molecule has 0 rings (SSSR count). The molecule has 148 valence electrons. The standard InChI is InChI=1S/C20H39NO4/c1-3-5-6-7-8-9-10-11-12-13-14-15-17-24-19(22)18-21-20(23)25-16-4-2/h3-18H2,1-2H3,(H,21,23). The van der Waals surface area contributed by atoms with Crippen molar-refractivity contribution < 1.29 is 19.1 Å². The molecule has 0 bridgehead atoms. The lowest BCUT2D eigenvalue weighted by Gasteiger charge is -2.07. The van der Waals surface area contributed by atoms with Crippen molar-refractivity contribution in [1.82, 2.24) is 5.32 Å². The van der Waals surface area contributed by atoms with Crippen LogP contribution in [0.4, 0.5) is 4.79 Å². The second-order valence-corrected chi connectivity index (χ2v) is 6.60. The minimum Gasteiger partial charge on any atom is -0.464 e. The molecule has 5 heteroatoms. The molecule has 0 aliphatic rings. The van der Waals surface area contributed by atoms with E-state index in [0.29, 0.717) is 13.2 Å². The summed E-state index contributed by atoms with van der Waals surface area (Å²) in [6, 6.07) is 0. The maximum Gasteiger partial charge on any atom is 0.407 e. The monoisotopic (exact) mass is 357 g/mol. The molecule has 0 fully saturated rings. The van der Waals surface area contributed by atoms with Crippen molar-refractivity contribution in [2.45, 2.75) is 97.3 Å². The average molecular weight is 358 g/mol. The van der Waals surface area contributed by atoms with Gasteiger partial charge in [0, 0.05) is 0 Å². The fourth-order valence-electron chi connectivity index (χ4n) is 2.57. The van der Waals surface area contributed by atoms with Gasteiger partial charge in [0.2, 0.25) is 0 Å². The van der Waals surface area contributed by atoms with E-state index in [1.165, 1.54) is 64.2 Å². The molecule has 0 aromatic rings. The first-order valence-corrected chi connectivity index (χ1v) is 10.3. The molecule has 0 saturated heterocycles. The largest absolute Gasteiger partial charge is 0.464 e. The van der Waals surface area contributed by atoms with E-state index in [2.05, 4.69) is 12.2 Å². The highest BCUT2D eigenvalue weighted by atomic mass is 16.6. The second-order valence-electron chi connectivity index (χ2n) is 6.60. The Kier molecular flexibility index (Phi) is 18.1. The van der Waals surface area contributed by atoms with Gasteiger partial charge in [0.15, 0.2) is 0 Å². The van der Waals surface area contributed by atoms with Gasteiger partial charge in [-0.05, 0) is 12.8 Å². The molecule has 0 saturated carbocycles. The molecule has 0 aliphatic carbocycles. The van der Waals surface area contributed by atoms with E-state index >= 15 is 0 Å². The molecule has 0 aromatic carbocycles. The van der Waals surface area contributed by atoms with E-state index in [1.807, 2.05) is 6.92 Å². The third-order valence-electron chi connectivity index (χ3n) is 4.08. The summed E-state index contributed by atoms with van der Waals surface area (Å²) in [5.74, 6) is -0.406. The predicted octanol–water partition coefficient (Wildman–Crippen LogP) is 5.37. The van der Waals surface area contributed by atoms with Crippen LogP contribution in [0.5, 0.6) is 0 Å². The highest BCUT2D eigenvalue weighted by Crippen LogP contribution is 2.11. The van der Waals surface area contributed by atoms with E-state index < -0.39 is 12.1 Å². The maximum atomic E-state index is 11.4. The summed E-state index contributed by atoms with van der Waals surface area (Å²) in [4.78, 5) is 22.6. The van der Waals surface area contributed by atoms with Gasteiger partial charge in [-0.25, -0.2) is 4.79 Å². The summed E-state index contributed by atoms with van der Waals surface area (Å²) in [5.41, 5.74) is 0. The van der Waals surface area contributed by atoms with Crippen LogP contribution in [0.25, 0.3) is 0 Å². The SMILES string of the molecule is CCCCCCCCCCCCCCOC(=O)CNC(=O)OCCC. The number of alkyl carbamates (subject to hydrolysis) is 1. The van der Waals surface area contributed by atoms with Gasteiger partial charge in [-0.2, -0.15) is 0 Å². The van der Waals surface area contributed by atoms with Crippen LogP contribution in [0.1, 0.15) is 97.3 Å². The van der Waals surface area contributed by atoms with Crippen molar-refractivity contribution in [3.05, 3.63) is 0 Å². The molecule has 0 aromatic heterocycles. The number of amides is 1. The third kappa shape index (κ3) is 18.9. The van der Waals surface area contributed by atoms with E-state index in [0.717, 1.165) is 19.3 Å². The van der Waals surface area contributed by atoms with Gasteiger partial charge in [-0.3, -0.25) is 4.79 Å². The number of nitrogens with one attached hydrogen (secondary N) is 1. The topological polar surface area (TPSA) is 64.6 Å². The van der Waals surface area contributed by atoms with Gasteiger partial charge in [0.1, 0.15) is 6.54 Å². The lowest BCUT2D eigenvalue weighted by atomic mass is 10.1. The molecule has 1 amide bonds. The first-order chi connectivity index (χ1) is 12.2. The Labute approximate surface area is 154 Å². The van der Waals surface area contributed by atoms with Crippen molar-refractivity contribution in [2.75, 3.05) is 19.8 Å². The van der Waals surface area contributed by atoms with Crippen LogP contribution >= 0.6 is 0 Å². The first-order valence-electron chi connectivity index (χ1n) is 10.3. The normalized spacial score (nSPS) is 10.5. The van der Waals surface area contributed by atoms with Crippen LogP contribution < -0.4 is 5.32 Å². The molecule has 0 atom stereocenters. The summed E-state index contributed by atoms with van der Waals surface area (Å²) in [6.45, 7) is 4.83. The maximum absolute atomic E-state index is 11.4. The van der Waals surface area contributed by atoms with Crippen molar-refractivity contribution in [3.8, 4) is 0 Å². The number of hydrogen-bond donors (Lipinski definition) is 1. The molecule has 25 heavy (non-hydrogen) atoms. The molecular formula is C20H39NO4. The number of unbranched alkanes of at least 4 members (excludes halogenated alkanes) is 11. The van der Waals surface area contributed by atoms with Crippen LogP contribution in [0.2, 0.25) is 0 Å². The Balaban J connectivity index is 3.22. The number of carbonyl (C=O) groups is 2. The van der Waals surface area contributed by atoms with Crippen molar-refractivity contribution in [2.24, 2.45) is 0 Å². The average Bonchev–Trinajstić information content (AvgIpc) is 2.62. The minimum atomic E-state index is -0.566. The Hall–Kier alpha value is -1.26. The highest BCUT2D eigenvalue weighted by Gasteiger charge is 2.06. The number of ether oxygens (including phenoxy) is 2. The summed E-state index contributed by atoms with van der Waals surface area (Å²) < 4.78 is 9.89. The fraction of sp³-hybridized carbons (Fsp3) is 0.900. The zero-order chi connectivity index (χ0) is 18.6. The van der Waals surface area contributed by atoms with Crippen LogP contribution in [-0.4, -0.2) is 31.8 Å². The second kappa shape index (κ2) is 19.1. The Morgan fingerprint density at radius 3 is 1.68 bits per heavy atom. The van der Waals surface area contributed by atoms with Crippen molar-refractivity contribution >= 4 is 12.1 Å². The van der Waals surface area contributed by atoms with Gasteiger partial charge in [-0.15, -0.1) is 0 Å². The number of rotatable bonds is 17. The summed E-state index contributed by atoms with van der Waals surface area (Å²) in [6.07, 6.45) is 15.6. The van der Waals surface area contributed by atoms with Gasteiger partial charge in [0.05, 0.1) is 13.2 Å². The van der Waals surface area contributed by atoms with E-state index in [4.69, 9.17) is 9.47 Å². The summed E-state index contributed by atoms with van der Waals surface area (Å²) in [7, 11) is 0. The zero-order valence-electron chi connectivity index (χ0n) is 16.4. The molecule has 0 radical (unpaired) electrons. The lowest BCUT2D eigenvalue weighted by molar-refractivity contribution is -0.142. The molecule has 0 aliphatic heterocycles. The lowest BCUT2D eigenvalue weighted by Crippen LogP contribution is -2.31. The predicted molar refractivity (Wildman–Crippen MR) is 102 cm³/mol. The summed E-state index contributed by atoms with van der Waals surface area (Å²) >= 11 is 0. The quantitative estimate of drug-likeness (QED) is 0.281. The number of hydrogen-bond acceptors (Lipinski definition) is 4. The van der Waals surface area contributed by atoms with Crippen molar-refractivity contribution in [3.63, 3.8) is 0 Å². The smallest absolute Gasteiger partial charge is 0.407 e. The van der Waals surface area contributed by atoms with Gasteiger partial charge in [-0.1, -0.05) is 84.5 Å². The van der Waals surface area contributed by atoms with Crippen LogP contribution in [0, 0.1) is 0 Å². The van der Waals surface area contributed by atoms with Crippen LogP contribution in [0.15, 0.2) is 0 Å². The molecule has 1 N–H and O–H groups in total. The number of esters is 1. The minimum absolute atomic E-state index is 0.124. The summed E-state index contributed by atoms with van der Waals surface area (Å²) in [5, 5.41) is 2.38. The Morgan fingerprint density at radius 2 is 1.16 bits per heavy atom. The first kappa shape index (κ1) is 23.7.